The molecule has 0 radical (unpaired) electrons. The van der Waals surface area contributed by atoms with Gasteiger partial charge in [0.25, 0.3) is 0 Å². The zero-order valence-corrected chi connectivity index (χ0v) is 7.99. The molecule has 0 aliphatic rings. The number of rotatable bonds is 2. The summed E-state index contributed by atoms with van der Waals surface area (Å²) in [5.74, 6) is 0. The Bertz CT molecular complexity index is 112. The normalized spacial score (nSPS) is 13.9. The zero-order chi connectivity index (χ0) is 8.20. The van der Waals surface area contributed by atoms with Crippen LogP contribution < -0.4 is 0 Å². The third-order valence-corrected chi connectivity index (χ3v) is 1.62. The number of hydrogen-bond donors (Lipinski definition) is 0. The van der Waals surface area contributed by atoms with E-state index in [1.165, 1.54) is 18.4 Å². The molecule has 0 aromatic rings. The first kappa shape index (κ1) is 9.74. The third-order valence-electron chi connectivity index (χ3n) is 1.62. The highest BCUT2D eigenvalue weighted by Crippen LogP contribution is 2.20. The summed E-state index contributed by atoms with van der Waals surface area (Å²) in [5, 5.41) is 0. The summed E-state index contributed by atoms with van der Waals surface area (Å²) in [6.45, 7) is 11.2. The molecule has 60 valence electrons. The first-order valence-corrected chi connectivity index (χ1v) is 4.11. The van der Waals surface area contributed by atoms with Gasteiger partial charge in [-0.25, -0.2) is 0 Å². The van der Waals surface area contributed by atoms with Gasteiger partial charge in [0.1, 0.15) is 0 Å². The van der Waals surface area contributed by atoms with Crippen molar-refractivity contribution in [3.63, 3.8) is 0 Å². The van der Waals surface area contributed by atoms with Crippen LogP contribution in [0, 0.1) is 5.41 Å². The van der Waals surface area contributed by atoms with Gasteiger partial charge >= 0.3 is 0 Å². The Morgan fingerprint density at radius 3 is 2.10 bits per heavy atom. The van der Waals surface area contributed by atoms with Crippen LogP contribution in [0.4, 0.5) is 0 Å². The van der Waals surface area contributed by atoms with Crippen LogP contribution in [0.3, 0.4) is 0 Å². The standard InChI is InChI=1S/C10H20/c1-6-9(2)7-8-10(3,4)5/h7H,6,8H2,1-5H3/b9-7-. The summed E-state index contributed by atoms with van der Waals surface area (Å²) in [6.07, 6.45) is 4.74. The van der Waals surface area contributed by atoms with E-state index in [4.69, 9.17) is 0 Å². The van der Waals surface area contributed by atoms with Gasteiger partial charge in [-0.05, 0) is 25.2 Å². The quantitative estimate of drug-likeness (QED) is 0.512. The lowest BCUT2D eigenvalue weighted by Crippen LogP contribution is -2.02. The minimum absolute atomic E-state index is 0.455. The highest BCUT2D eigenvalue weighted by Gasteiger charge is 2.06. The second-order valence-electron chi connectivity index (χ2n) is 4.17. The van der Waals surface area contributed by atoms with Crippen molar-refractivity contribution in [3.8, 4) is 0 Å². The van der Waals surface area contributed by atoms with Gasteiger partial charge in [0.05, 0.1) is 0 Å². The highest BCUT2D eigenvalue weighted by atomic mass is 14.1. The van der Waals surface area contributed by atoms with Gasteiger partial charge in [-0.3, -0.25) is 0 Å². The summed E-state index contributed by atoms with van der Waals surface area (Å²) in [4.78, 5) is 0. The molecule has 0 aliphatic heterocycles. The van der Waals surface area contributed by atoms with E-state index in [1.807, 2.05) is 0 Å². The number of allylic oxidation sites excluding steroid dienone is 2. The summed E-state index contributed by atoms with van der Waals surface area (Å²) in [5.41, 5.74) is 1.96. The largest absolute Gasteiger partial charge is 0.0851 e. The summed E-state index contributed by atoms with van der Waals surface area (Å²) < 4.78 is 0. The minimum Gasteiger partial charge on any atom is -0.0851 e. The van der Waals surface area contributed by atoms with Crippen molar-refractivity contribution in [1.82, 2.24) is 0 Å². The lowest BCUT2D eigenvalue weighted by molar-refractivity contribution is 0.419. The summed E-state index contributed by atoms with van der Waals surface area (Å²) in [7, 11) is 0. The van der Waals surface area contributed by atoms with Crippen molar-refractivity contribution in [2.45, 2.75) is 47.5 Å². The molecule has 0 spiro atoms. The van der Waals surface area contributed by atoms with Crippen LogP contribution in [0.2, 0.25) is 0 Å². The molecule has 0 N–H and O–H groups in total. The van der Waals surface area contributed by atoms with E-state index in [0.717, 1.165) is 0 Å². The molecular formula is C10H20. The van der Waals surface area contributed by atoms with Gasteiger partial charge < -0.3 is 0 Å². The first-order valence-electron chi connectivity index (χ1n) is 4.11. The van der Waals surface area contributed by atoms with Gasteiger partial charge in [-0.2, -0.15) is 0 Å². The molecule has 0 amide bonds. The van der Waals surface area contributed by atoms with Crippen LogP contribution in [-0.2, 0) is 0 Å². The lowest BCUT2D eigenvalue weighted by Gasteiger charge is -2.15. The van der Waals surface area contributed by atoms with Crippen molar-refractivity contribution in [2.24, 2.45) is 5.41 Å². The zero-order valence-electron chi connectivity index (χ0n) is 7.99. The summed E-state index contributed by atoms with van der Waals surface area (Å²) >= 11 is 0. The van der Waals surface area contributed by atoms with Gasteiger partial charge in [-0.15, -0.1) is 0 Å². The average molecular weight is 140 g/mol. The highest BCUT2D eigenvalue weighted by molar-refractivity contribution is 4.98. The van der Waals surface area contributed by atoms with E-state index in [1.54, 1.807) is 0 Å². The van der Waals surface area contributed by atoms with E-state index in [-0.39, 0.29) is 0 Å². The maximum absolute atomic E-state index is 2.35. The molecule has 0 aliphatic carbocycles. The first-order chi connectivity index (χ1) is 4.45. The molecule has 0 fully saturated rings. The molecule has 0 aromatic heterocycles. The molecule has 0 saturated carbocycles. The second kappa shape index (κ2) is 3.80. The van der Waals surface area contributed by atoms with Crippen LogP contribution in [0.1, 0.15) is 47.5 Å². The van der Waals surface area contributed by atoms with Gasteiger partial charge in [0.2, 0.25) is 0 Å². The second-order valence-corrected chi connectivity index (χ2v) is 4.17. The molecule has 0 bridgehead atoms. The fourth-order valence-electron chi connectivity index (χ4n) is 0.625. The SMILES string of the molecule is CC/C(C)=C\CC(C)(C)C. The van der Waals surface area contributed by atoms with Gasteiger partial charge in [0, 0.05) is 0 Å². The molecule has 10 heavy (non-hydrogen) atoms. The maximum Gasteiger partial charge on any atom is -0.0299 e. The monoisotopic (exact) mass is 140 g/mol. The molecule has 0 saturated heterocycles. The van der Waals surface area contributed by atoms with Gasteiger partial charge in [0.15, 0.2) is 0 Å². The Balaban J connectivity index is 3.73. The van der Waals surface area contributed by atoms with E-state index in [2.05, 4.69) is 40.7 Å². The van der Waals surface area contributed by atoms with E-state index >= 15 is 0 Å². The van der Waals surface area contributed by atoms with Crippen LogP contribution in [0.15, 0.2) is 11.6 Å². The third kappa shape index (κ3) is 5.87. The molecule has 0 unspecified atom stereocenters. The van der Waals surface area contributed by atoms with Crippen LogP contribution in [0.25, 0.3) is 0 Å². The van der Waals surface area contributed by atoms with Crippen molar-refractivity contribution in [3.05, 3.63) is 11.6 Å². The van der Waals surface area contributed by atoms with Crippen molar-refractivity contribution < 1.29 is 0 Å². The summed E-state index contributed by atoms with van der Waals surface area (Å²) in [6, 6.07) is 0. The molecule has 0 rings (SSSR count). The fraction of sp³-hybridized carbons (Fsp3) is 0.800. The molecular weight excluding hydrogens is 120 g/mol. The average Bonchev–Trinajstić information content (AvgIpc) is 1.81. The van der Waals surface area contributed by atoms with E-state index < -0.39 is 0 Å². The molecule has 0 nitrogen and oxygen atoms in total. The van der Waals surface area contributed by atoms with E-state index in [0.29, 0.717) is 5.41 Å². The minimum atomic E-state index is 0.455. The van der Waals surface area contributed by atoms with Crippen molar-refractivity contribution >= 4 is 0 Å². The fourth-order valence-corrected chi connectivity index (χ4v) is 0.625. The van der Waals surface area contributed by atoms with Crippen LogP contribution >= 0.6 is 0 Å². The number of hydrogen-bond acceptors (Lipinski definition) is 0. The Morgan fingerprint density at radius 1 is 1.30 bits per heavy atom. The Morgan fingerprint density at radius 2 is 1.80 bits per heavy atom. The lowest BCUT2D eigenvalue weighted by atomic mass is 9.91. The van der Waals surface area contributed by atoms with E-state index in [9.17, 15) is 0 Å². The van der Waals surface area contributed by atoms with Crippen molar-refractivity contribution in [2.75, 3.05) is 0 Å². The maximum atomic E-state index is 2.35. The predicted molar refractivity (Wildman–Crippen MR) is 48.1 cm³/mol. The Kier molecular flexibility index (Phi) is 3.70. The molecule has 0 heteroatoms. The molecule has 0 heterocycles. The Hall–Kier alpha value is -0.260. The molecule has 0 atom stereocenters. The van der Waals surface area contributed by atoms with Crippen LogP contribution in [0.5, 0.6) is 0 Å². The van der Waals surface area contributed by atoms with Gasteiger partial charge in [-0.1, -0.05) is 39.3 Å². The smallest absolute Gasteiger partial charge is 0.0299 e. The Labute approximate surface area is 65.3 Å². The topological polar surface area (TPSA) is 0 Å². The van der Waals surface area contributed by atoms with Crippen molar-refractivity contribution in [1.29, 1.82) is 0 Å². The molecule has 0 aromatic carbocycles. The predicted octanol–water partition coefficient (Wildman–Crippen LogP) is 3.78. The van der Waals surface area contributed by atoms with Crippen LogP contribution in [-0.4, -0.2) is 0 Å².